The number of amides is 1. The van der Waals surface area contributed by atoms with Gasteiger partial charge in [-0.25, -0.2) is 0 Å². The summed E-state index contributed by atoms with van der Waals surface area (Å²) >= 11 is 12.5. The summed E-state index contributed by atoms with van der Waals surface area (Å²) in [6, 6.07) is 14.8. The topological polar surface area (TPSA) is 66.8 Å². The van der Waals surface area contributed by atoms with Gasteiger partial charge >= 0.3 is 5.97 Å². The molecule has 2 saturated heterocycles. The van der Waals surface area contributed by atoms with Crippen LogP contribution in [0.4, 0.5) is 0 Å². The fourth-order valence-electron chi connectivity index (χ4n) is 5.22. The molecule has 2 aromatic carbocycles. The Labute approximate surface area is 198 Å². The number of hydrogen-bond acceptors (Lipinski definition) is 3. The lowest BCUT2D eigenvalue weighted by atomic mass is 9.67. The molecular weight excluding hydrogens is 449 g/mol. The Morgan fingerprint density at radius 2 is 1.91 bits per heavy atom. The molecule has 0 aliphatic carbocycles. The van der Waals surface area contributed by atoms with Crippen molar-refractivity contribution in [2.75, 3.05) is 13.2 Å². The van der Waals surface area contributed by atoms with Gasteiger partial charge in [0.15, 0.2) is 0 Å². The SMILES string of the molecule is C[C@]1(CC(=O)O)C[C@H](c2cccc(Cl)c2)[C@@H](c2ccc(Cl)cc2)N([C@H]2CCCOC2)C1=O. The second-order valence-corrected chi connectivity index (χ2v) is 9.95. The van der Waals surface area contributed by atoms with Gasteiger partial charge < -0.3 is 14.7 Å². The number of nitrogens with zero attached hydrogens (tertiary/aromatic N) is 1. The zero-order chi connectivity index (χ0) is 22.9. The molecule has 7 heteroatoms. The zero-order valence-corrected chi connectivity index (χ0v) is 19.5. The van der Waals surface area contributed by atoms with Gasteiger partial charge in [0, 0.05) is 22.6 Å². The van der Waals surface area contributed by atoms with E-state index in [0.717, 1.165) is 24.0 Å². The normalized spacial score (nSPS) is 28.5. The van der Waals surface area contributed by atoms with Crippen LogP contribution >= 0.6 is 23.2 Å². The molecule has 2 heterocycles. The van der Waals surface area contributed by atoms with Crippen molar-refractivity contribution in [3.8, 4) is 0 Å². The van der Waals surface area contributed by atoms with Crippen LogP contribution in [0, 0.1) is 5.41 Å². The number of aliphatic carboxylic acids is 1. The monoisotopic (exact) mass is 475 g/mol. The van der Waals surface area contributed by atoms with Gasteiger partial charge in [0.2, 0.25) is 5.91 Å². The average molecular weight is 476 g/mol. The van der Waals surface area contributed by atoms with Gasteiger partial charge in [-0.15, -0.1) is 0 Å². The Hall–Kier alpha value is -2.08. The number of likely N-dealkylation sites (tertiary alicyclic amines) is 1. The van der Waals surface area contributed by atoms with E-state index in [1.54, 1.807) is 6.92 Å². The minimum atomic E-state index is -1.03. The number of carbonyl (C=O) groups excluding carboxylic acids is 1. The molecule has 0 unspecified atom stereocenters. The Bertz CT molecular complexity index is 990. The number of piperidine rings is 1. The molecule has 170 valence electrons. The predicted octanol–water partition coefficient (Wildman–Crippen LogP) is 5.71. The van der Waals surface area contributed by atoms with Crippen molar-refractivity contribution in [2.45, 2.75) is 50.6 Å². The number of benzene rings is 2. The molecule has 1 N–H and O–H groups in total. The molecule has 32 heavy (non-hydrogen) atoms. The molecular formula is C25H27Cl2NO4. The summed E-state index contributed by atoms with van der Waals surface area (Å²) in [6.45, 7) is 2.89. The Morgan fingerprint density at radius 3 is 2.53 bits per heavy atom. The molecule has 0 radical (unpaired) electrons. The van der Waals surface area contributed by atoms with E-state index in [2.05, 4.69) is 0 Å². The van der Waals surface area contributed by atoms with Crippen molar-refractivity contribution in [3.05, 3.63) is 69.7 Å². The number of hydrogen-bond donors (Lipinski definition) is 1. The van der Waals surface area contributed by atoms with E-state index in [1.807, 2.05) is 53.4 Å². The van der Waals surface area contributed by atoms with E-state index < -0.39 is 11.4 Å². The third-order valence-electron chi connectivity index (χ3n) is 6.66. The van der Waals surface area contributed by atoms with Crippen LogP contribution in [0.5, 0.6) is 0 Å². The Morgan fingerprint density at radius 1 is 1.16 bits per heavy atom. The quantitative estimate of drug-likeness (QED) is 0.600. The highest BCUT2D eigenvalue weighted by Gasteiger charge is 2.52. The summed E-state index contributed by atoms with van der Waals surface area (Å²) in [5, 5.41) is 10.9. The third kappa shape index (κ3) is 4.66. The van der Waals surface area contributed by atoms with Crippen molar-refractivity contribution < 1.29 is 19.4 Å². The smallest absolute Gasteiger partial charge is 0.304 e. The summed E-state index contributed by atoms with van der Waals surface area (Å²) < 4.78 is 5.74. The summed E-state index contributed by atoms with van der Waals surface area (Å²) in [6.07, 6.45) is 1.87. The van der Waals surface area contributed by atoms with Gasteiger partial charge in [-0.2, -0.15) is 0 Å². The first-order valence-corrected chi connectivity index (χ1v) is 11.7. The van der Waals surface area contributed by atoms with Crippen LogP contribution in [-0.2, 0) is 14.3 Å². The second kappa shape index (κ2) is 9.42. The molecule has 4 atom stereocenters. The van der Waals surface area contributed by atoms with Crippen molar-refractivity contribution in [2.24, 2.45) is 5.41 Å². The maximum atomic E-state index is 13.9. The van der Waals surface area contributed by atoms with E-state index in [1.165, 1.54) is 0 Å². The van der Waals surface area contributed by atoms with Crippen LogP contribution in [0.15, 0.2) is 48.5 Å². The van der Waals surface area contributed by atoms with Crippen LogP contribution in [0.1, 0.15) is 55.7 Å². The van der Waals surface area contributed by atoms with E-state index >= 15 is 0 Å². The van der Waals surface area contributed by atoms with Crippen LogP contribution in [0.3, 0.4) is 0 Å². The van der Waals surface area contributed by atoms with Crippen LogP contribution in [-0.4, -0.2) is 41.1 Å². The van der Waals surface area contributed by atoms with Gasteiger partial charge in [-0.05, 0) is 54.7 Å². The predicted molar refractivity (Wildman–Crippen MR) is 124 cm³/mol. The van der Waals surface area contributed by atoms with Crippen molar-refractivity contribution in [1.29, 1.82) is 0 Å². The first-order valence-electron chi connectivity index (χ1n) is 10.9. The number of carboxylic acid groups (broad SMARTS) is 1. The summed E-state index contributed by atoms with van der Waals surface area (Å²) in [5.41, 5.74) is 0.929. The molecule has 2 aliphatic heterocycles. The lowest BCUT2D eigenvalue weighted by molar-refractivity contribution is -0.163. The van der Waals surface area contributed by atoms with Crippen molar-refractivity contribution in [1.82, 2.24) is 4.90 Å². The number of rotatable bonds is 5. The highest BCUT2D eigenvalue weighted by Crippen LogP contribution is 2.52. The minimum absolute atomic E-state index is 0.118. The average Bonchev–Trinajstić information content (AvgIpc) is 2.76. The van der Waals surface area contributed by atoms with Crippen molar-refractivity contribution >= 4 is 35.1 Å². The van der Waals surface area contributed by atoms with Crippen LogP contribution < -0.4 is 0 Å². The Kier molecular flexibility index (Phi) is 6.80. The number of halogens is 2. The maximum absolute atomic E-state index is 13.9. The Balaban J connectivity index is 1.87. The molecule has 2 aromatic rings. The molecule has 0 saturated carbocycles. The van der Waals surface area contributed by atoms with Gasteiger partial charge in [0.1, 0.15) is 0 Å². The third-order valence-corrected chi connectivity index (χ3v) is 7.15. The summed E-state index contributed by atoms with van der Waals surface area (Å²) in [7, 11) is 0. The van der Waals surface area contributed by atoms with E-state index in [0.29, 0.717) is 29.7 Å². The fourth-order valence-corrected chi connectivity index (χ4v) is 5.55. The van der Waals surface area contributed by atoms with E-state index in [-0.39, 0.29) is 30.3 Å². The van der Waals surface area contributed by atoms with Gasteiger partial charge in [-0.1, -0.05) is 54.4 Å². The molecule has 0 aromatic heterocycles. The molecule has 5 nitrogen and oxygen atoms in total. The summed E-state index contributed by atoms with van der Waals surface area (Å²) in [4.78, 5) is 27.6. The van der Waals surface area contributed by atoms with E-state index in [9.17, 15) is 14.7 Å². The zero-order valence-electron chi connectivity index (χ0n) is 18.0. The number of carboxylic acids is 1. The number of carbonyl (C=O) groups is 2. The van der Waals surface area contributed by atoms with E-state index in [4.69, 9.17) is 27.9 Å². The molecule has 0 spiro atoms. The number of ether oxygens (including phenoxy) is 1. The van der Waals surface area contributed by atoms with Gasteiger partial charge in [0.25, 0.3) is 0 Å². The first kappa shape index (κ1) is 23.1. The maximum Gasteiger partial charge on any atom is 0.304 e. The van der Waals surface area contributed by atoms with Crippen LogP contribution in [0.2, 0.25) is 10.0 Å². The highest BCUT2D eigenvalue weighted by atomic mass is 35.5. The largest absolute Gasteiger partial charge is 0.481 e. The standard InChI is InChI=1S/C25H27Cl2NO4/c1-25(14-22(29)30)13-21(17-4-2-5-19(27)12-17)23(16-7-9-18(26)10-8-16)28(24(25)31)20-6-3-11-32-15-20/h2,4-5,7-10,12,20-21,23H,3,6,11,13-15H2,1H3,(H,29,30)/t20-,21+,23+,25+/m0/s1. The van der Waals surface area contributed by atoms with Crippen LogP contribution in [0.25, 0.3) is 0 Å². The molecule has 0 bridgehead atoms. The first-order chi connectivity index (χ1) is 15.3. The lowest BCUT2D eigenvalue weighted by Crippen LogP contribution is -2.57. The highest BCUT2D eigenvalue weighted by molar-refractivity contribution is 6.30. The second-order valence-electron chi connectivity index (χ2n) is 9.08. The molecule has 2 fully saturated rings. The van der Waals surface area contributed by atoms with Gasteiger partial charge in [-0.3, -0.25) is 9.59 Å². The molecule has 1 amide bonds. The molecule has 2 aliphatic rings. The fraction of sp³-hybridized carbons (Fsp3) is 0.440. The van der Waals surface area contributed by atoms with Gasteiger partial charge in [0.05, 0.1) is 30.5 Å². The minimum Gasteiger partial charge on any atom is -0.481 e. The lowest BCUT2D eigenvalue weighted by Gasteiger charge is -2.52. The van der Waals surface area contributed by atoms with Crippen molar-refractivity contribution in [3.63, 3.8) is 0 Å². The molecule has 4 rings (SSSR count). The summed E-state index contributed by atoms with van der Waals surface area (Å²) in [5.74, 6) is -1.23.